The summed E-state index contributed by atoms with van der Waals surface area (Å²) >= 11 is 0. The molecule has 32 heavy (non-hydrogen) atoms. The number of hydrogen-bond donors (Lipinski definition) is 1. The molecule has 1 N–H and O–H groups in total. The van der Waals surface area contributed by atoms with Crippen LogP contribution in [0.2, 0.25) is 0 Å². The molecule has 2 aromatic heterocycles. The van der Waals surface area contributed by atoms with Gasteiger partial charge in [0.05, 0.1) is 18.4 Å². The lowest BCUT2D eigenvalue weighted by molar-refractivity contribution is -0.121. The van der Waals surface area contributed by atoms with Gasteiger partial charge >= 0.3 is 0 Å². The van der Waals surface area contributed by atoms with Gasteiger partial charge < -0.3 is 5.32 Å². The van der Waals surface area contributed by atoms with Gasteiger partial charge in [0.15, 0.2) is 0 Å². The summed E-state index contributed by atoms with van der Waals surface area (Å²) in [4.78, 5) is 16.3. The minimum atomic E-state index is -0.349. The number of halogens is 2. The fourth-order valence-corrected chi connectivity index (χ4v) is 3.57. The van der Waals surface area contributed by atoms with E-state index in [0.717, 1.165) is 11.1 Å². The molecule has 0 saturated carbocycles. The van der Waals surface area contributed by atoms with Crippen molar-refractivity contribution in [3.63, 3.8) is 0 Å². The van der Waals surface area contributed by atoms with E-state index >= 15 is 0 Å². The fraction of sp³-hybridized carbons (Fsp3) is 0.160. The zero-order chi connectivity index (χ0) is 22.3. The maximum Gasteiger partial charge on any atom is 0.220 e. The summed E-state index contributed by atoms with van der Waals surface area (Å²) in [6, 6.07) is 16.6. The van der Waals surface area contributed by atoms with E-state index in [1.54, 1.807) is 59.7 Å². The predicted octanol–water partition coefficient (Wildman–Crippen LogP) is 4.64. The predicted molar refractivity (Wildman–Crippen MR) is 119 cm³/mol. The highest BCUT2D eigenvalue weighted by molar-refractivity contribution is 5.81. The van der Waals surface area contributed by atoms with Crippen molar-refractivity contribution in [2.75, 3.05) is 6.54 Å². The van der Waals surface area contributed by atoms with Crippen LogP contribution in [0.15, 0.2) is 79.3 Å². The van der Waals surface area contributed by atoms with Crippen molar-refractivity contribution in [1.82, 2.24) is 20.1 Å². The van der Waals surface area contributed by atoms with Crippen LogP contribution in [0.4, 0.5) is 8.78 Å². The molecule has 4 rings (SSSR count). The monoisotopic (exact) mass is 432 g/mol. The molecule has 0 spiro atoms. The van der Waals surface area contributed by atoms with Gasteiger partial charge in [0.1, 0.15) is 11.6 Å². The van der Waals surface area contributed by atoms with Crippen molar-refractivity contribution < 1.29 is 13.6 Å². The second kappa shape index (κ2) is 9.96. The Bertz CT molecular complexity index is 1210. The molecular formula is C25H22F2N4O. The normalized spacial score (nSPS) is 10.8. The Kier molecular flexibility index (Phi) is 6.65. The second-order valence-corrected chi connectivity index (χ2v) is 7.29. The molecule has 1 amide bonds. The Balaban J connectivity index is 1.47. The first-order chi connectivity index (χ1) is 15.6. The van der Waals surface area contributed by atoms with E-state index in [9.17, 15) is 13.6 Å². The number of nitrogens with zero attached hydrogens (tertiary/aromatic N) is 3. The van der Waals surface area contributed by atoms with E-state index in [-0.39, 0.29) is 24.0 Å². The number of carbonyl (C=O) groups is 1. The van der Waals surface area contributed by atoms with Crippen LogP contribution in [0.3, 0.4) is 0 Å². The van der Waals surface area contributed by atoms with Gasteiger partial charge in [-0.1, -0.05) is 30.3 Å². The molecule has 0 aliphatic heterocycles. The Hall–Kier alpha value is -3.87. The first kappa shape index (κ1) is 21.4. The van der Waals surface area contributed by atoms with Crippen LogP contribution < -0.4 is 5.32 Å². The van der Waals surface area contributed by atoms with Crippen LogP contribution in [0, 0.1) is 11.6 Å². The molecule has 0 radical (unpaired) electrons. The van der Waals surface area contributed by atoms with Gasteiger partial charge in [-0.3, -0.25) is 14.5 Å². The molecule has 7 heteroatoms. The van der Waals surface area contributed by atoms with Crippen molar-refractivity contribution in [2.45, 2.75) is 19.4 Å². The van der Waals surface area contributed by atoms with Gasteiger partial charge in [0.25, 0.3) is 0 Å². The molecule has 4 aromatic rings. The smallest absolute Gasteiger partial charge is 0.220 e. The van der Waals surface area contributed by atoms with E-state index in [2.05, 4.69) is 15.4 Å². The third kappa shape index (κ3) is 4.88. The number of pyridine rings is 1. The van der Waals surface area contributed by atoms with Crippen LogP contribution in [0.1, 0.15) is 12.0 Å². The van der Waals surface area contributed by atoms with Crippen LogP contribution in [0.25, 0.3) is 22.4 Å². The maximum absolute atomic E-state index is 14.6. The topological polar surface area (TPSA) is 59.8 Å². The van der Waals surface area contributed by atoms with Gasteiger partial charge in [0.2, 0.25) is 5.91 Å². The molecule has 162 valence electrons. The minimum absolute atomic E-state index is 0.179. The summed E-state index contributed by atoms with van der Waals surface area (Å²) in [5, 5.41) is 7.28. The van der Waals surface area contributed by atoms with Crippen LogP contribution in [-0.4, -0.2) is 27.2 Å². The number of nitrogens with one attached hydrogen (secondary N) is 1. The lowest BCUT2D eigenvalue weighted by Gasteiger charge is -2.12. The molecule has 0 aliphatic carbocycles. The fourth-order valence-electron chi connectivity index (χ4n) is 3.57. The van der Waals surface area contributed by atoms with Crippen LogP contribution in [-0.2, 0) is 17.8 Å². The largest absolute Gasteiger partial charge is 0.354 e. The van der Waals surface area contributed by atoms with Crippen LogP contribution >= 0.6 is 0 Å². The number of amides is 1. The number of aromatic nitrogens is 3. The van der Waals surface area contributed by atoms with Crippen LogP contribution in [0.5, 0.6) is 0 Å². The van der Waals surface area contributed by atoms with E-state index in [1.165, 1.54) is 12.1 Å². The third-order valence-electron chi connectivity index (χ3n) is 5.18. The Morgan fingerprint density at radius 2 is 1.62 bits per heavy atom. The number of hydrogen-bond acceptors (Lipinski definition) is 3. The van der Waals surface area contributed by atoms with Crippen molar-refractivity contribution in [1.29, 1.82) is 0 Å². The Labute approximate surface area is 184 Å². The first-order valence-electron chi connectivity index (χ1n) is 10.3. The number of benzene rings is 2. The summed E-state index contributed by atoms with van der Waals surface area (Å²) in [5.74, 6) is -0.837. The molecule has 0 aliphatic rings. The van der Waals surface area contributed by atoms with E-state index in [4.69, 9.17) is 0 Å². The zero-order valence-electron chi connectivity index (χ0n) is 17.3. The molecule has 0 saturated heterocycles. The summed E-state index contributed by atoms with van der Waals surface area (Å²) in [6.45, 7) is 0.676. The third-order valence-corrected chi connectivity index (χ3v) is 5.18. The highest BCUT2D eigenvalue weighted by Crippen LogP contribution is 2.33. The van der Waals surface area contributed by atoms with E-state index in [1.807, 2.05) is 12.1 Å². The maximum atomic E-state index is 14.6. The molecule has 0 fully saturated rings. The molecule has 0 unspecified atom stereocenters. The summed E-state index contributed by atoms with van der Waals surface area (Å²) in [6.07, 6.45) is 5.55. The summed E-state index contributed by atoms with van der Waals surface area (Å²) in [7, 11) is 0. The highest BCUT2D eigenvalue weighted by Gasteiger charge is 2.17. The first-order valence-corrected chi connectivity index (χ1v) is 10.3. The number of rotatable bonds is 8. The minimum Gasteiger partial charge on any atom is -0.354 e. The Morgan fingerprint density at radius 3 is 2.38 bits per heavy atom. The lowest BCUT2D eigenvalue weighted by Crippen LogP contribution is -2.28. The SMILES string of the molecule is O=C(CCc1ccccc1F)NCCn1ncc(-c2ccncc2)c1-c1ccccc1F. The molecule has 2 heterocycles. The molecular weight excluding hydrogens is 410 g/mol. The van der Waals surface area contributed by atoms with E-state index < -0.39 is 0 Å². The van der Waals surface area contributed by atoms with Crippen molar-refractivity contribution in [2.24, 2.45) is 0 Å². The zero-order valence-corrected chi connectivity index (χ0v) is 17.3. The van der Waals surface area contributed by atoms with Crippen molar-refractivity contribution >= 4 is 5.91 Å². The number of aryl methyl sites for hydroxylation is 1. The molecule has 5 nitrogen and oxygen atoms in total. The van der Waals surface area contributed by atoms with Crippen molar-refractivity contribution in [3.8, 4) is 22.4 Å². The standard InChI is InChI=1S/C25H22F2N4O/c26-22-7-3-1-5-19(22)9-10-24(32)29-15-16-31-25(20-6-2-4-8-23(20)27)21(17-30-31)18-11-13-28-14-12-18/h1-8,11-14,17H,9-10,15-16H2,(H,29,32). The highest BCUT2D eigenvalue weighted by atomic mass is 19.1. The van der Waals surface area contributed by atoms with E-state index in [0.29, 0.717) is 36.3 Å². The van der Waals surface area contributed by atoms with Gasteiger partial charge in [-0.05, 0) is 47.9 Å². The number of carbonyl (C=O) groups excluding carboxylic acids is 1. The van der Waals surface area contributed by atoms with Gasteiger partial charge in [-0.25, -0.2) is 8.78 Å². The van der Waals surface area contributed by atoms with Gasteiger partial charge in [-0.15, -0.1) is 0 Å². The average molecular weight is 432 g/mol. The average Bonchev–Trinajstić information content (AvgIpc) is 3.23. The molecule has 2 aromatic carbocycles. The lowest BCUT2D eigenvalue weighted by atomic mass is 10.0. The van der Waals surface area contributed by atoms with Gasteiger partial charge in [0, 0.05) is 36.5 Å². The van der Waals surface area contributed by atoms with Gasteiger partial charge in [-0.2, -0.15) is 5.10 Å². The van der Waals surface area contributed by atoms with Crippen molar-refractivity contribution in [3.05, 3.63) is 96.5 Å². The molecule has 0 bridgehead atoms. The second-order valence-electron chi connectivity index (χ2n) is 7.29. The molecule has 0 atom stereocenters. The summed E-state index contributed by atoms with van der Waals surface area (Å²) < 4.78 is 30.0. The quantitative estimate of drug-likeness (QED) is 0.441. The Morgan fingerprint density at radius 1 is 0.906 bits per heavy atom. The summed E-state index contributed by atoms with van der Waals surface area (Å²) in [5.41, 5.74) is 3.23.